The molecule has 1 heterocycles. The third-order valence-electron chi connectivity index (χ3n) is 4.37. The van der Waals surface area contributed by atoms with Gasteiger partial charge in [-0.3, -0.25) is 4.79 Å². The number of hydrogen-bond donors (Lipinski definition) is 1. The van der Waals surface area contributed by atoms with E-state index in [1.807, 2.05) is 0 Å². The second kappa shape index (κ2) is 4.96. The van der Waals surface area contributed by atoms with Gasteiger partial charge in [-0.05, 0) is 42.5 Å². The molecule has 2 aliphatic carbocycles. The Morgan fingerprint density at radius 1 is 1.37 bits per heavy atom. The van der Waals surface area contributed by atoms with Gasteiger partial charge < -0.3 is 10.1 Å². The Balaban J connectivity index is 1.70. The number of thiophene rings is 1. The third-order valence-corrected chi connectivity index (χ3v) is 5.26. The molecule has 1 N–H and O–H groups in total. The van der Waals surface area contributed by atoms with Crippen molar-refractivity contribution in [1.29, 1.82) is 0 Å². The van der Waals surface area contributed by atoms with Crippen molar-refractivity contribution in [1.82, 2.24) is 0 Å². The number of ether oxygens (including phenoxy) is 1. The fraction of sp³-hybridized carbons (Fsp3) is 0.571. The van der Waals surface area contributed by atoms with E-state index in [2.05, 4.69) is 5.32 Å². The second-order valence-electron chi connectivity index (χ2n) is 5.43. The van der Waals surface area contributed by atoms with Crippen molar-refractivity contribution in [2.45, 2.75) is 25.7 Å². The molecule has 1 amide bonds. The van der Waals surface area contributed by atoms with Crippen LogP contribution in [0.3, 0.4) is 0 Å². The first-order valence-corrected chi connectivity index (χ1v) is 7.53. The Hall–Kier alpha value is -1.36. The quantitative estimate of drug-likeness (QED) is 0.866. The zero-order chi connectivity index (χ0) is 13.4. The Bertz CT molecular complexity index is 511. The van der Waals surface area contributed by atoms with Gasteiger partial charge in [-0.15, -0.1) is 11.3 Å². The minimum absolute atomic E-state index is 0.0655. The number of fused-ring (bicyclic) bond motifs is 2. The van der Waals surface area contributed by atoms with E-state index < -0.39 is 5.97 Å². The van der Waals surface area contributed by atoms with Crippen molar-refractivity contribution in [2.24, 2.45) is 17.8 Å². The van der Waals surface area contributed by atoms with Crippen molar-refractivity contribution >= 4 is 28.9 Å². The van der Waals surface area contributed by atoms with Gasteiger partial charge in [-0.2, -0.15) is 0 Å². The van der Waals surface area contributed by atoms with E-state index in [1.54, 1.807) is 11.4 Å². The second-order valence-corrected chi connectivity index (χ2v) is 6.34. The Morgan fingerprint density at radius 3 is 2.84 bits per heavy atom. The van der Waals surface area contributed by atoms with Gasteiger partial charge in [0.2, 0.25) is 5.91 Å². The van der Waals surface area contributed by atoms with Gasteiger partial charge in [0.15, 0.2) is 0 Å². The number of esters is 1. The molecule has 2 fully saturated rings. The number of methoxy groups -OCH3 is 1. The van der Waals surface area contributed by atoms with Crippen molar-refractivity contribution in [3.05, 3.63) is 16.3 Å². The van der Waals surface area contributed by atoms with Crippen LogP contribution in [0.4, 0.5) is 5.69 Å². The fourth-order valence-electron chi connectivity index (χ4n) is 3.45. The maximum Gasteiger partial charge on any atom is 0.350 e. The van der Waals surface area contributed by atoms with Crippen molar-refractivity contribution < 1.29 is 14.3 Å². The fourth-order valence-corrected chi connectivity index (χ4v) is 4.22. The summed E-state index contributed by atoms with van der Waals surface area (Å²) in [4.78, 5) is 24.3. The summed E-state index contributed by atoms with van der Waals surface area (Å²) >= 11 is 1.29. The van der Waals surface area contributed by atoms with E-state index >= 15 is 0 Å². The van der Waals surface area contributed by atoms with Gasteiger partial charge in [0.25, 0.3) is 0 Å². The molecular weight excluding hydrogens is 262 g/mol. The van der Waals surface area contributed by atoms with Crippen LogP contribution < -0.4 is 5.32 Å². The lowest BCUT2D eigenvalue weighted by atomic mass is 9.88. The van der Waals surface area contributed by atoms with Crippen LogP contribution in [0.1, 0.15) is 35.4 Å². The first kappa shape index (κ1) is 12.7. The number of amides is 1. The molecule has 3 atom stereocenters. The van der Waals surface area contributed by atoms with Gasteiger partial charge >= 0.3 is 5.97 Å². The monoisotopic (exact) mass is 279 g/mol. The molecule has 0 aliphatic heterocycles. The van der Waals surface area contributed by atoms with Crippen molar-refractivity contribution in [3.63, 3.8) is 0 Å². The molecule has 0 unspecified atom stereocenters. The number of carbonyl (C=O) groups is 2. The molecule has 2 aliphatic rings. The van der Waals surface area contributed by atoms with E-state index in [-0.39, 0.29) is 11.8 Å². The average molecular weight is 279 g/mol. The summed E-state index contributed by atoms with van der Waals surface area (Å²) in [6, 6.07) is 1.77. The Kier molecular flexibility index (Phi) is 3.31. The van der Waals surface area contributed by atoms with E-state index in [9.17, 15) is 9.59 Å². The van der Waals surface area contributed by atoms with Gasteiger partial charge in [0, 0.05) is 5.92 Å². The van der Waals surface area contributed by atoms with Gasteiger partial charge in [0.1, 0.15) is 4.88 Å². The zero-order valence-electron chi connectivity index (χ0n) is 10.8. The largest absolute Gasteiger partial charge is 0.465 e. The molecule has 102 valence electrons. The lowest BCUT2D eigenvalue weighted by Gasteiger charge is -2.20. The number of anilines is 1. The molecule has 0 saturated heterocycles. The Morgan fingerprint density at radius 2 is 2.21 bits per heavy atom. The SMILES string of the molecule is COC(=O)c1sccc1NC(=O)[C@@H]1C[C@@H]2CC[C@@H]1C2. The molecule has 19 heavy (non-hydrogen) atoms. The van der Waals surface area contributed by atoms with Crippen LogP contribution in [0, 0.1) is 17.8 Å². The third kappa shape index (κ3) is 2.27. The van der Waals surface area contributed by atoms with Crippen LogP contribution in [0.15, 0.2) is 11.4 Å². The van der Waals surface area contributed by atoms with Crippen LogP contribution in [-0.4, -0.2) is 19.0 Å². The molecule has 0 spiro atoms. The summed E-state index contributed by atoms with van der Waals surface area (Å²) < 4.78 is 4.71. The summed E-state index contributed by atoms with van der Waals surface area (Å²) in [5.41, 5.74) is 0.588. The summed E-state index contributed by atoms with van der Waals surface area (Å²) in [5, 5.41) is 4.70. The summed E-state index contributed by atoms with van der Waals surface area (Å²) in [7, 11) is 1.35. The number of hydrogen-bond acceptors (Lipinski definition) is 4. The highest BCUT2D eigenvalue weighted by molar-refractivity contribution is 7.12. The molecule has 1 aromatic rings. The first-order valence-electron chi connectivity index (χ1n) is 6.65. The topological polar surface area (TPSA) is 55.4 Å². The minimum atomic E-state index is -0.391. The number of carbonyl (C=O) groups excluding carboxylic acids is 2. The highest BCUT2D eigenvalue weighted by atomic mass is 32.1. The van der Waals surface area contributed by atoms with Crippen LogP contribution in [-0.2, 0) is 9.53 Å². The van der Waals surface area contributed by atoms with Crippen LogP contribution in [0.5, 0.6) is 0 Å². The van der Waals surface area contributed by atoms with E-state index in [1.165, 1.54) is 37.7 Å². The molecule has 2 bridgehead atoms. The van der Waals surface area contributed by atoms with Crippen molar-refractivity contribution in [2.75, 3.05) is 12.4 Å². The maximum atomic E-state index is 12.3. The Labute approximate surface area is 116 Å². The minimum Gasteiger partial charge on any atom is -0.465 e. The number of rotatable bonds is 3. The molecule has 0 aromatic carbocycles. The van der Waals surface area contributed by atoms with Crippen LogP contribution in [0.25, 0.3) is 0 Å². The molecule has 2 saturated carbocycles. The zero-order valence-corrected chi connectivity index (χ0v) is 11.7. The molecule has 5 heteroatoms. The van der Waals surface area contributed by atoms with Crippen molar-refractivity contribution in [3.8, 4) is 0 Å². The van der Waals surface area contributed by atoms with Gasteiger partial charge in [-0.25, -0.2) is 4.79 Å². The molecule has 0 radical (unpaired) electrons. The first-order chi connectivity index (χ1) is 9.19. The van der Waals surface area contributed by atoms with Crippen LogP contribution >= 0.6 is 11.3 Å². The molecule has 1 aromatic heterocycles. The highest BCUT2D eigenvalue weighted by Gasteiger charge is 2.43. The lowest BCUT2D eigenvalue weighted by molar-refractivity contribution is -0.121. The average Bonchev–Trinajstić information content (AvgIpc) is 3.13. The predicted molar refractivity (Wildman–Crippen MR) is 73.2 cm³/mol. The predicted octanol–water partition coefficient (Wildman–Crippen LogP) is 2.91. The molecule has 3 rings (SSSR count). The lowest BCUT2D eigenvalue weighted by Crippen LogP contribution is -2.27. The smallest absolute Gasteiger partial charge is 0.350 e. The normalized spacial score (nSPS) is 28.4. The molecular formula is C14H17NO3S. The summed E-state index contributed by atoms with van der Waals surface area (Å²) in [5.74, 6) is 1.09. The molecule has 4 nitrogen and oxygen atoms in total. The van der Waals surface area contributed by atoms with E-state index in [4.69, 9.17) is 4.74 Å². The highest BCUT2D eigenvalue weighted by Crippen LogP contribution is 2.48. The van der Waals surface area contributed by atoms with Gasteiger partial charge in [0.05, 0.1) is 12.8 Å². The van der Waals surface area contributed by atoms with E-state index in [0.717, 1.165) is 12.3 Å². The summed E-state index contributed by atoms with van der Waals surface area (Å²) in [6.45, 7) is 0. The summed E-state index contributed by atoms with van der Waals surface area (Å²) in [6.07, 6.45) is 4.66. The maximum absolute atomic E-state index is 12.3. The van der Waals surface area contributed by atoms with E-state index in [0.29, 0.717) is 16.5 Å². The number of nitrogens with one attached hydrogen (secondary N) is 1. The standard InChI is InChI=1S/C14H17NO3S/c1-18-14(17)12-11(4-5-19-12)15-13(16)10-7-8-2-3-9(10)6-8/h4-5,8-10H,2-3,6-7H2,1H3,(H,15,16)/t8-,9-,10-/m1/s1. The van der Waals surface area contributed by atoms with Crippen LogP contribution in [0.2, 0.25) is 0 Å². The van der Waals surface area contributed by atoms with Gasteiger partial charge in [-0.1, -0.05) is 6.42 Å².